The molecule has 2 saturated carbocycles. The van der Waals surface area contributed by atoms with Crippen LogP contribution in [0.5, 0.6) is 0 Å². The Kier molecular flexibility index (Phi) is 5.59. The van der Waals surface area contributed by atoms with E-state index in [0.29, 0.717) is 6.10 Å². The van der Waals surface area contributed by atoms with Crippen LogP contribution < -0.4 is 0 Å². The second kappa shape index (κ2) is 7.21. The summed E-state index contributed by atoms with van der Waals surface area (Å²) in [6, 6.07) is 0. The average molecular weight is 250 g/mol. The fourth-order valence-electron chi connectivity index (χ4n) is 3.75. The highest BCUT2D eigenvalue weighted by molar-refractivity contribution is 4.83. The predicted molar refractivity (Wildman–Crippen MR) is 77.4 cm³/mol. The van der Waals surface area contributed by atoms with Gasteiger partial charge >= 0.3 is 0 Å². The van der Waals surface area contributed by atoms with Crippen molar-refractivity contribution in [1.29, 1.82) is 0 Å². The summed E-state index contributed by atoms with van der Waals surface area (Å²) < 4.78 is 5.88. The predicted octanol–water partition coefficient (Wildman–Crippen LogP) is 5.31. The number of rotatable bonds is 4. The van der Waals surface area contributed by atoms with Gasteiger partial charge in [0.1, 0.15) is 0 Å². The van der Waals surface area contributed by atoms with E-state index in [1.54, 1.807) is 0 Å². The molecule has 0 heterocycles. The van der Waals surface area contributed by atoms with Crippen LogP contribution in [0.1, 0.15) is 71.6 Å². The van der Waals surface area contributed by atoms with Gasteiger partial charge in [-0.15, -0.1) is 0 Å². The first-order chi connectivity index (χ1) is 8.79. The van der Waals surface area contributed by atoms with Gasteiger partial charge in [-0.2, -0.15) is 0 Å². The molecular formula is C17H30O. The van der Waals surface area contributed by atoms with Gasteiger partial charge in [0, 0.05) is 0 Å². The van der Waals surface area contributed by atoms with E-state index in [-0.39, 0.29) is 0 Å². The van der Waals surface area contributed by atoms with E-state index in [1.807, 2.05) is 6.26 Å². The van der Waals surface area contributed by atoms with E-state index in [4.69, 9.17) is 4.74 Å². The minimum absolute atomic E-state index is 0.505. The molecule has 0 aromatic heterocycles. The fraction of sp³-hybridized carbons (Fsp3) is 0.882. The minimum atomic E-state index is 0.505. The standard InChI is InChI=1S/C17H30O/c1-3-4-12-18-17-7-5-6-16(13-17)15-10-8-14(2)9-11-15/h4,12,14-17H,3,5-11,13H2,1-2H3/t14-,15-,16-,17-/m1/s1. The highest BCUT2D eigenvalue weighted by Gasteiger charge is 2.30. The first-order valence-electron chi connectivity index (χ1n) is 8.10. The molecule has 0 aliphatic heterocycles. The summed E-state index contributed by atoms with van der Waals surface area (Å²) in [6.07, 6.45) is 16.9. The molecule has 2 rings (SSSR count). The molecule has 18 heavy (non-hydrogen) atoms. The maximum atomic E-state index is 5.88. The van der Waals surface area contributed by atoms with E-state index < -0.39 is 0 Å². The van der Waals surface area contributed by atoms with Gasteiger partial charge in [0.15, 0.2) is 0 Å². The van der Waals surface area contributed by atoms with Crippen LogP contribution >= 0.6 is 0 Å². The fourth-order valence-corrected chi connectivity index (χ4v) is 3.75. The van der Waals surface area contributed by atoms with Crippen LogP contribution in [0.4, 0.5) is 0 Å². The summed E-state index contributed by atoms with van der Waals surface area (Å²) in [5, 5.41) is 0. The average Bonchev–Trinajstić information content (AvgIpc) is 2.40. The minimum Gasteiger partial charge on any atom is -0.498 e. The van der Waals surface area contributed by atoms with Crippen LogP contribution in [0.25, 0.3) is 0 Å². The second-order valence-electron chi connectivity index (χ2n) is 6.48. The van der Waals surface area contributed by atoms with Crippen LogP contribution in [0.2, 0.25) is 0 Å². The molecule has 1 heteroatoms. The van der Waals surface area contributed by atoms with Gasteiger partial charge in [-0.05, 0) is 62.7 Å². The third kappa shape index (κ3) is 4.03. The van der Waals surface area contributed by atoms with Crippen molar-refractivity contribution in [2.75, 3.05) is 0 Å². The summed E-state index contributed by atoms with van der Waals surface area (Å²) >= 11 is 0. The molecule has 2 aliphatic rings. The van der Waals surface area contributed by atoms with Crippen LogP contribution in [-0.4, -0.2) is 6.10 Å². The van der Waals surface area contributed by atoms with Crippen molar-refractivity contribution in [3.63, 3.8) is 0 Å². The quantitative estimate of drug-likeness (QED) is 0.614. The first kappa shape index (κ1) is 14.0. The maximum absolute atomic E-state index is 5.88. The molecule has 0 saturated heterocycles. The lowest BCUT2D eigenvalue weighted by Gasteiger charge is -2.37. The summed E-state index contributed by atoms with van der Waals surface area (Å²) in [7, 11) is 0. The van der Waals surface area contributed by atoms with Gasteiger partial charge in [-0.1, -0.05) is 32.8 Å². The zero-order valence-corrected chi connectivity index (χ0v) is 12.2. The largest absolute Gasteiger partial charge is 0.498 e. The van der Waals surface area contributed by atoms with Gasteiger partial charge in [-0.25, -0.2) is 0 Å². The van der Waals surface area contributed by atoms with E-state index >= 15 is 0 Å². The van der Waals surface area contributed by atoms with Gasteiger partial charge < -0.3 is 4.74 Å². The lowest BCUT2D eigenvalue weighted by Crippen LogP contribution is -2.29. The van der Waals surface area contributed by atoms with Gasteiger partial charge in [0.2, 0.25) is 0 Å². The van der Waals surface area contributed by atoms with Crippen molar-refractivity contribution in [3.8, 4) is 0 Å². The number of allylic oxidation sites excluding steroid dienone is 1. The maximum Gasteiger partial charge on any atom is 0.0981 e. The first-order valence-corrected chi connectivity index (χ1v) is 8.10. The lowest BCUT2D eigenvalue weighted by molar-refractivity contribution is 0.0523. The Bertz CT molecular complexity index is 250. The Morgan fingerprint density at radius 3 is 2.50 bits per heavy atom. The molecule has 0 bridgehead atoms. The Labute approximate surface area is 113 Å². The molecule has 2 fully saturated rings. The van der Waals surface area contributed by atoms with E-state index in [9.17, 15) is 0 Å². The molecule has 0 aromatic rings. The molecule has 0 spiro atoms. The van der Waals surface area contributed by atoms with Gasteiger partial charge in [0.05, 0.1) is 12.4 Å². The molecule has 0 N–H and O–H groups in total. The number of hydrogen-bond donors (Lipinski definition) is 0. The van der Waals surface area contributed by atoms with E-state index in [1.165, 1.54) is 51.4 Å². The molecule has 2 aliphatic carbocycles. The molecule has 2 atom stereocenters. The smallest absolute Gasteiger partial charge is 0.0981 e. The van der Waals surface area contributed by atoms with E-state index in [0.717, 1.165) is 24.2 Å². The molecule has 0 aromatic carbocycles. The van der Waals surface area contributed by atoms with Crippen molar-refractivity contribution < 1.29 is 4.74 Å². The summed E-state index contributed by atoms with van der Waals surface area (Å²) in [4.78, 5) is 0. The monoisotopic (exact) mass is 250 g/mol. The highest BCUT2D eigenvalue weighted by Crippen LogP contribution is 2.40. The van der Waals surface area contributed by atoms with Crippen molar-refractivity contribution in [3.05, 3.63) is 12.3 Å². The summed E-state index contributed by atoms with van der Waals surface area (Å²) in [6.45, 7) is 4.57. The van der Waals surface area contributed by atoms with Crippen molar-refractivity contribution in [1.82, 2.24) is 0 Å². The van der Waals surface area contributed by atoms with Crippen molar-refractivity contribution >= 4 is 0 Å². The van der Waals surface area contributed by atoms with E-state index in [2.05, 4.69) is 19.9 Å². The summed E-state index contributed by atoms with van der Waals surface area (Å²) in [5.74, 6) is 2.93. The zero-order valence-electron chi connectivity index (χ0n) is 12.2. The molecule has 0 unspecified atom stereocenters. The third-order valence-electron chi connectivity index (χ3n) is 5.00. The molecule has 104 valence electrons. The molecule has 0 amide bonds. The Hall–Kier alpha value is -0.460. The van der Waals surface area contributed by atoms with Crippen LogP contribution in [0.3, 0.4) is 0 Å². The second-order valence-corrected chi connectivity index (χ2v) is 6.48. The van der Waals surface area contributed by atoms with Gasteiger partial charge in [-0.3, -0.25) is 0 Å². The third-order valence-corrected chi connectivity index (χ3v) is 5.00. The Balaban J connectivity index is 1.77. The topological polar surface area (TPSA) is 9.23 Å². The van der Waals surface area contributed by atoms with Crippen molar-refractivity contribution in [2.45, 2.75) is 77.7 Å². The highest BCUT2D eigenvalue weighted by atomic mass is 16.5. The number of hydrogen-bond acceptors (Lipinski definition) is 1. The van der Waals surface area contributed by atoms with Crippen LogP contribution in [-0.2, 0) is 4.74 Å². The molecule has 1 nitrogen and oxygen atoms in total. The normalized spacial score (nSPS) is 37.9. The summed E-state index contributed by atoms with van der Waals surface area (Å²) in [5.41, 5.74) is 0. The Morgan fingerprint density at radius 2 is 1.78 bits per heavy atom. The number of ether oxygens (including phenoxy) is 1. The lowest BCUT2D eigenvalue weighted by atomic mass is 9.71. The Morgan fingerprint density at radius 1 is 1.00 bits per heavy atom. The van der Waals surface area contributed by atoms with Gasteiger partial charge in [0.25, 0.3) is 0 Å². The van der Waals surface area contributed by atoms with Crippen LogP contribution in [0, 0.1) is 17.8 Å². The van der Waals surface area contributed by atoms with Crippen LogP contribution in [0.15, 0.2) is 12.3 Å². The van der Waals surface area contributed by atoms with Crippen molar-refractivity contribution in [2.24, 2.45) is 17.8 Å². The molecular weight excluding hydrogens is 220 g/mol. The zero-order chi connectivity index (χ0) is 12.8. The SMILES string of the molecule is CCC=CO[C@@H]1CCC[C@@H]([C@H]2CC[C@H](C)CC2)C1. The molecule has 0 radical (unpaired) electrons.